The standard InChI is InChI=1S/C17H19O2/c1-5-14-9-12(2)17(13(3)10-14)19-16-8-6-7-15(11-16)18-4/h5-11H,1-4H3. The Bertz CT molecular complexity index is 550. The van der Waals surface area contributed by atoms with Crippen LogP contribution in [0.4, 0.5) is 0 Å². The Hall–Kier alpha value is -1.96. The van der Waals surface area contributed by atoms with Crippen LogP contribution in [-0.2, 0) is 0 Å². The van der Waals surface area contributed by atoms with Crippen molar-refractivity contribution < 1.29 is 9.47 Å². The second-order valence-corrected chi connectivity index (χ2v) is 4.55. The molecule has 0 saturated carbocycles. The quantitative estimate of drug-likeness (QED) is 0.790. The van der Waals surface area contributed by atoms with E-state index in [0.29, 0.717) is 0 Å². The van der Waals surface area contributed by atoms with Gasteiger partial charge in [0.25, 0.3) is 0 Å². The molecule has 1 radical (unpaired) electrons. The molecule has 0 aliphatic carbocycles. The largest absolute Gasteiger partial charge is 0.497 e. The first-order chi connectivity index (χ1) is 9.13. The fourth-order valence-electron chi connectivity index (χ4n) is 2.09. The SMILES string of the molecule is C[CH]c1cc(C)c(Oc2cccc(OC)c2)c(C)c1. The van der Waals surface area contributed by atoms with Crippen LogP contribution in [0.2, 0.25) is 0 Å². The van der Waals surface area contributed by atoms with Gasteiger partial charge in [-0.05, 0) is 49.1 Å². The molecule has 99 valence electrons. The zero-order valence-corrected chi connectivity index (χ0v) is 11.9. The second kappa shape index (κ2) is 5.79. The predicted molar refractivity (Wildman–Crippen MR) is 78.1 cm³/mol. The van der Waals surface area contributed by atoms with Crippen molar-refractivity contribution in [1.82, 2.24) is 0 Å². The van der Waals surface area contributed by atoms with Crippen molar-refractivity contribution >= 4 is 0 Å². The Morgan fingerprint density at radius 2 is 1.58 bits per heavy atom. The lowest BCUT2D eigenvalue weighted by Crippen LogP contribution is -1.93. The monoisotopic (exact) mass is 255 g/mol. The summed E-state index contributed by atoms with van der Waals surface area (Å²) in [4.78, 5) is 0. The molecule has 0 atom stereocenters. The summed E-state index contributed by atoms with van der Waals surface area (Å²) >= 11 is 0. The maximum absolute atomic E-state index is 5.99. The topological polar surface area (TPSA) is 18.5 Å². The molecule has 2 aromatic rings. The number of methoxy groups -OCH3 is 1. The van der Waals surface area contributed by atoms with Gasteiger partial charge in [-0.15, -0.1) is 0 Å². The van der Waals surface area contributed by atoms with E-state index in [2.05, 4.69) is 32.4 Å². The Morgan fingerprint density at radius 3 is 2.16 bits per heavy atom. The van der Waals surface area contributed by atoms with Crippen molar-refractivity contribution in [3.8, 4) is 17.2 Å². The van der Waals surface area contributed by atoms with Crippen LogP contribution in [0.1, 0.15) is 23.6 Å². The Balaban J connectivity index is 2.32. The summed E-state index contributed by atoms with van der Waals surface area (Å²) in [6, 6.07) is 11.9. The van der Waals surface area contributed by atoms with Crippen molar-refractivity contribution in [2.24, 2.45) is 0 Å². The molecule has 0 amide bonds. The van der Waals surface area contributed by atoms with Gasteiger partial charge < -0.3 is 9.47 Å². The van der Waals surface area contributed by atoms with E-state index in [0.717, 1.165) is 28.4 Å². The van der Waals surface area contributed by atoms with Crippen LogP contribution < -0.4 is 9.47 Å². The van der Waals surface area contributed by atoms with Gasteiger partial charge in [-0.25, -0.2) is 0 Å². The van der Waals surface area contributed by atoms with Gasteiger partial charge in [0, 0.05) is 6.07 Å². The molecule has 2 rings (SSSR count). The minimum atomic E-state index is 0.791. The first kappa shape index (κ1) is 13.5. The van der Waals surface area contributed by atoms with Gasteiger partial charge >= 0.3 is 0 Å². The summed E-state index contributed by atoms with van der Waals surface area (Å²) in [5.41, 5.74) is 3.49. The van der Waals surface area contributed by atoms with Crippen molar-refractivity contribution in [3.05, 3.63) is 59.5 Å². The maximum Gasteiger partial charge on any atom is 0.133 e. The van der Waals surface area contributed by atoms with Gasteiger partial charge in [-0.1, -0.05) is 25.1 Å². The third-order valence-electron chi connectivity index (χ3n) is 3.08. The molecule has 0 saturated heterocycles. The number of aryl methyl sites for hydroxylation is 2. The van der Waals surface area contributed by atoms with Crippen LogP contribution in [-0.4, -0.2) is 7.11 Å². The summed E-state index contributed by atoms with van der Waals surface area (Å²) < 4.78 is 11.2. The molecule has 0 fully saturated rings. The average molecular weight is 255 g/mol. The minimum Gasteiger partial charge on any atom is -0.497 e. The number of hydrogen-bond acceptors (Lipinski definition) is 2. The molecule has 0 aromatic heterocycles. The summed E-state index contributed by atoms with van der Waals surface area (Å²) in [7, 11) is 1.65. The van der Waals surface area contributed by atoms with Crippen molar-refractivity contribution in [2.75, 3.05) is 7.11 Å². The lowest BCUT2D eigenvalue weighted by atomic mass is 10.0. The molecule has 0 aliphatic rings. The first-order valence-corrected chi connectivity index (χ1v) is 6.36. The van der Waals surface area contributed by atoms with Gasteiger partial charge in [0.2, 0.25) is 0 Å². The molecule has 2 heteroatoms. The molecule has 2 aromatic carbocycles. The lowest BCUT2D eigenvalue weighted by Gasteiger charge is -2.14. The van der Waals surface area contributed by atoms with Gasteiger partial charge in [0.15, 0.2) is 0 Å². The van der Waals surface area contributed by atoms with Gasteiger partial charge in [-0.2, -0.15) is 0 Å². The van der Waals surface area contributed by atoms with E-state index < -0.39 is 0 Å². The van der Waals surface area contributed by atoms with E-state index >= 15 is 0 Å². The second-order valence-electron chi connectivity index (χ2n) is 4.55. The van der Waals surface area contributed by atoms with Crippen LogP contribution in [0, 0.1) is 20.3 Å². The van der Waals surface area contributed by atoms with E-state index in [4.69, 9.17) is 9.47 Å². The lowest BCUT2D eigenvalue weighted by molar-refractivity contribution is 0.408. The molecule has 19 heavy (non-hydrogen) atoms. The molecule has 0 heterocycles. The number of rotatable bonds is 4. The smallest absolute Gasteiger partial charge is 0.133 e. The molecule has 0 spiro atoms. The third-order valence-corrected chi connectivity index (χ3v) is 3.08. The molecular weight excluding hydrogens is 236 g/mol. The fourth-order valence-corrected chi connectivity index (χ4v) is 2.09. The molecule has 2 nitrogen and oxygen atoms in total. The van der Waals surface area contributed by atoms with Gasteiger partial charge in [0.1, 0.15) is 17.2 Å². The number of hydrogen-bond donors (Lipinski definition) is 0. The van der Waals surface area contributed by atoms with Crippen LogP contribution in [0.25, 0.3) is 0 Å². The number of ether oxygens (including phenoxy) is 2. The van der Waals surface area contributed by atoms with Crippen molar-refractivity contribution in [3.63, 3.8) is 0 Å². The molecular formula is C17H19O2. The molecule has 0 aliphatic heterocycles. The predicted octanol–water partition coefficient (Wildman–Crippen LogP) is 4.68. The maximum atomic E-state index is 5.99. The summed E-state index contributed by atoms with van der Waals surface area (Å²) in [6.07, 6.45) is 2.09. The highest BCUT2D eigenvalue weighted by Crippen LogP contribution is 2.31. The normalized spacial score (nSPS) is 10.3. The zero-order valence-electron chi connectivity index (χ0n) is 11.9. The van der Waals surface area contributed by atoms with Crippen LogP contribution >= 0.6 is 0 Å². The zero-order chi connectivity index (χ0) is 13.8. The van der Waals surface area contributed by atoms with Crippen LogP contribution in [0.5, 0.6) is 17.2 Å². The van der Waals surface area contributed by atoms with Gasteiger partial charge in [0.05, 0.1) is 7.11 Å². The Labute approximate surface area is 115 Å². The van der Waals surface area contributed by atoms with E-state index in [1.807, 2.05) is 31.2 Å². The Kier molecular flexibility index (Phi) is 4.10. The summed E-state index contributed by atoms with van der Waals surface area (Å²) in [6.45, 7) is 6.17. The van der Waals surface area contributed by atoms with Crippen LogP contribution in [0.3, 0.4) is 0 Å². The first-order valence-electron chi connectivity index (χ1n) is 6.36. The number of benzene rings is 2. The summed E-state index contributed by atoms with van der Waals surface area (Å²) in [5.74, 6) is 2.50. The minimum absolute atomic E-state index is 0.791. The highest BCUT2D eigenvalue weighted by Gasteiger charge is 2.07. The van der Waals surface area contributed by atoms with Crippen molar-refractivity contribution in [1.29, 1.82) is 0 Å². The highest BCUT2D eigenvalue weighted by molar-refractivity contribution is 5.48. The molecule has 0 bridgehead atoms. The average Bonchev–Trinajstić information content (AvgIpc) is 2.42. The van der Waals surface area contributed by atoms with Crippen molar-refractivity contribution in [2.45, 2.75) is 20.8 Å². The van der Waals surface area contributed by atoms with Gasteiger partial charge in [-0.3, -0.25) is 0 Å². The fraction of sp³-hybridized carbons (Fsp3) is 0.235. The van der Waals surface area contributed by atoms with Crippen LogP contribution in [0.15, 0.2) is 36.4 Å². The highest BCUT2D eigenvalue weighted by atomic mass is 16.5. The third kappa shape index (κ3) is 3.08. The van der Waals surface area contributed by atoms with E-state index in [1.165, 1.54) is 5.56 Å². The Morgan fingerprint density at radius 1 is 0.947 bits per heavy atom. The van der Waals surface area contributed by atoms with E-state index in [9.17, 15) is 0 Å². The van der Waals surface area contributed by atoms with E-state index in [-0.39, 0.29) is 0 Å². The summed E-state index contributed by atoms with van der Waals surface area (Å²) in [5, 5.41) is 0. The van der Waals surface area contributed by atoms with E-state index in [1.54, 1.807) is 7.11 Å². The molecule has 0 N–H and O–H groups in total. The molecule has 0 unspecified atom stereocenters.